The summed E-state index contributed by atoms with van der Waals surface area (Å²) < 4.78 is 6.30. The summed E-state index contributed by atoms with van der Waals surface area (Å²) in [5.41, 5.74) is 3.68. The number of hydrogen-bond donors (Lipinski definition) is 1. The van der Waals surface area contributed by atoms with Crippen molar-refractivity contribution in [2.75, 3.05) is 5.32 Å². The van der Waals surface area contributed by atoms with Crippen molar-refractivity contribution in [2.24, 2.45) is 0 Å². The zero-order valence-corrected chi connectivity index (χ0v) is 11.8. The number of anilines is 1. The number of benzene rings is 1. The van der Waals surface area contributed by atoms with Crippen LogP contribution in [0, 0.1) is 13.8 Å². The lowest BCUT2D eigenvalue weighted by atomic mass is 10.1. The van der Waals surface area contributed by atoms with Crippen LogP contribution >= 0.6 is 15.9 Å². The minimum absolute atomic E-state index is 0.155. The molecule has 0 bridgehead atoms. The topological polar surface area (TPSA) is 25.2 Å². The van der Waals surface area contributed by atoms with Crippen molar-refractivity contribution in [3.8, 4) is 0 Å². The molecule has 1 aromatic carbocycles. The lowest BCUT2D eigenvalue weighted by Crippen LogP contribution is -2.06. The normalized spacial score (nSPS) is 12.5. The third-order valence-electron chi connectivity index (χ3n) is 2.77. The molecule has 0 aliphatic heterocycles. The first-order valence-corrected chi connectivity index (χ1v) is 6.44. The van der Waals surface area contributed by atoms with E-state index in [2.05, 4.69) is 60.2 Å². The van der Waals surface area contributed by atoms with E-state index in [0.29, 0.717) is 0 Å². The molecule has 1 heterocycles. The second kappa shape index (κ2) is 4.96. The molecule has 0 saturated carbocycles. The molecule has 0 aliphatic carbocycles. The summed E-state index contributed by atoms with van der Waals surface area (Å²) in [6.07, 6.45) is 0. The Morgan fingerprint density at radius 2 is 1.94 bits per heavy atom. The molecule has 1 unspecified atom stereocenters. The molecule has 1 atom stereocenters. The fourth-order valence-electron chi connectivity index (χ4n) is 1.84. The van der Waals surface area contributed by atoms with Crippen LogP contribution in [0.4, 0.5) is 5.69 Å². The van der Waals surface area contributed by atoms with Crippen LogP contribution in [0.15, 0.2) is 39.4 Å². The first kappa shape index (κ1) is 12.2. The smallest absolute Gasteiger partial charge is 0.169 e. The summed E-state index contributed by atoms with van der Waals surface area (Å²) in [6, 6.07) is 10.4. The average Bonchev–Trinajstić information content (AvgIpc) is 2.69. The van der Waals surface area contributed by atoms with Gasteiger partial charge in [-0.25, -0.2) is 0 Å². The average molecular weight is 294 g/mol. The number of halogens is 1. The molecular weight excluding hydrogens is 278 g/mol. The van der Waals surface area contributed by atoms with Crippen LogP contribution in [-0.4, -0.2) is 0 Å². The van der Waals surface area contributed by atoms with Gasteiger partial charge in [0.2, 0.25) is 0 Å². The van der Waals surface area contributed by atoms with Gasteiger partial charge in [-0.1, -0.05) is 17.7 Å². The minimum atomic E-state index is 0.155. The second-order valence-electron chi connectivity index (χ2n) is 4.33. The van der Waals surface area contributed by atoms with E-state index < -0.39 is 0 Å². The minimum Gasteiger partial charge on any atom is -0.452 e. The lowest BCUT2D eigenvalue weighted by Gasteiger charge is -2.15. The molecule has 2 nitrogen and oxygen atoms in total. The van der Waals surface area contributed by atoms with E-state index in [0.717, 1.165) is 16.1 Å². The van der Waals surface area contributed by atoms with Gasteiger partial charge in [-0.05, 0) is 60.5 Å². The van der Waals surface area contributed by atoms with Crippen molar-refractivity contribution in [1.29, 1.82) is 0 Å². The van der Waals surface area contributed by atoms with Crippen molar-refractivity contribution in [2.45, 2.75) is 26.8 Å². The molecule has 2 rings (SSSR count). The Labute approximate surface area is 110 Å². The molecule has 3 heteroatoms. The molecule has 1 aromatic heterocycles. The predicted octanol–water partition coefficient (Wildman–Crippen LogP) is 4.83. The largest absolute Gasteiger partial charge is 0.452 e. The first-order valence-electron chi connectivity index (χ1n) is 5.65. The number of furan rings is 1. The number of nitrogens with one attached hydrogen (secondary N) is 1. The highest BCUT2D eigenvalue weighted by Crippen LogP contribution is 2.25. The number of hydrogen-bond acceptors (Lipinski definition) is 2. The van der Waals surface area contributed by atoms with Crippen molar-refractivity contribution in [3.63, 3.8) is 0 Å². The molecule has 0 amide bonds. The fraction of sp³-hybridized carbons (Fsp3) is 0.286. The predicted molar refractivity (Wildman–Crippen MR) is 74.4 cm³/mol. The third-order valence-corrected chi connectivity index (χ3v) is 3.20. The number of rotatable bonds is 3. The summed E-state index contributed by atoms with van der Waals surface area (Å²) in [6.45, 7) is 6.30. The second-order valence-corrected chi connectivity index (χ2v) is 5.11. The molecule has 90 valence electrons. The molecule has 17 heavy (non-hydrogen) atoms. The van der Waals surface area contributed by atoms with E-state index in [1.165, 1.54) is 11.1 Å². The third kappa shape index (κ3) is 2.91. The molecule has 0 radical (unpaired) electrons. The quantitative estimate of drug-likeness (QED) is 0.877. The molecule has 2 aromatic rings. The monoisotopic (exact) mass is 293 g/mol. The Kier molecular flexibility index (Phi) is 3.57. The van der Waals surface area contributed by atoms with E-state index in [1.807, 2.05) is 12.1 Å². The lowest BCUT2D eigenvalue weighted by molar-refractivity contribution is 0.471. The van der Waals surface area contributed by atoms with Crippen molar-refractivity contribution >= 4 is 21.6 Å². The summed E-state index contributed by atoms with van der Waals surface area (Å²) >= 11 is 3.32. The first-order chi connectivity index (χ1) is 8.06. The van der Waals surface area contributed by atoms with Gasteiger partial charge in [-0.2, -0.15) is 0 Å². The van der Waals surface area contributed by atoms with E-state index in [9.17, 15) is 0 Å². The van der Waals surface area contributed by atoms with Crippen molar-refractivity contribution in [1.82, 2.24) is 0 Å². The molecule has 1 N–H and O–H groups in total. The van der Waals surface area contributed by atoms with Gasteiger partial charge in [0.25, 0.3) is 0 Å². The SMILES string of the molecule is Cc1ccc(NC(C)c2ccc(Br)o2)c(C)c1. The summed E-state index contributed by atoms with van der Waals surface area (Å²) in [5.74, 6) is 0.928. The van der Waals surface area contributed by atoms with Crippen molar-refractivity contribution < 1.29 is 4.42 Å². The zero-order valence-electron chi connectivity index (χ0n) is 10.3. The standard InChI is InChI=1S/C14H16BrNO/c1-9-4-5-12(10(2)8-9)16-11(3)13-6-7-14(15)17-13/h4-8,11,16H,1-3H3. The Hall–Kier alpha value is -1.22. The van der Waals surface area contributed by atoms with Crippen LogP contribution in [0.3, 0.4) is 0 Å². The Morgan fingerprint density at radius 3 is 2.53 bits per heavy atom. The molecule has 0 aliphatic rings. The van der Waals surface area contributed by atoms with Gasteiger partial charge >= 0.3 is 0 Å². The van der Waals surface area contributed by atoms with Gasteiger partial charge < -0.3 is 9.73 Å². The van der Waals surface area contributed by atoms with Crippen LogP contribution < -0.4 is 5.32 Å². The summed E-state index contributed by atoms with van der Waals surface area (Å²) in [5, 5.41) is 3.45. The van der Waals surface area contributed by atoms with Crippen molar-refractivity contribution in [3.05, 3.63) is 51.9 Å². The molecule has 0 saturated heterocycles. The summed E-state index contributed by atoms with van der Waals surface area (Å²) in [4.78, 5) is 0. The van der Waals surface area contributed by atoms with Crippen LogP contribution in [0.5, 0.6) is 0 Å². The Balaban J connectivity index is 2.15. The maximum Gasteiger partial charge on any atom is 0.169 e. The Morgan fingerprint density at radius 1 is 1.18 bits per heavy atom. The maximum atomic E-state index is 5.54. The molecule has 0 spiro atoms. The van der Waals surface area contributed by atoms with E-state index in [4.69, 9.17) is 4.42 Å². The van der Waals surface area contributed by atoms with Gasteiger partial charge in [0.15, 0.2) is 4.67 Å². The highest BCUT2D eigenvalue weighted by Gasteiger charge is 2.10. The van der Waals surface area contributed by atoms with Crippen LogP contribution in [0.25, 0.3) is 0 Å². The van der Waals surface area contributed by atoms with Gasteiger partial charge in [0, 0.05) is 5.69 Å². The fourth-order valence-corrected chi connectivity index (χ4v) is 2.16. The Bertz CT molecular complexity index is 519. The van der Waals surface area contributed by atoms with Gasteiger partial charge in [-0.3, -0.25) is 0 Å². The van der Waals surface area contributed by atoms with Gasteiger partial charge in [0.05, 0.1) is 6.04 Å². The van der Waals surface area contributed by atoms with Crippen LogP contribution in [-0.2, 0) is 0 Å². The van der Waals surface area contributed by atoms with E-state index in [-0.39, 0.29) is 6.04 Å². The van der Waals surface area contributed by atoms with Crippen LogP contribution in [0.1, 0.15) is 29.9 Å². The van der Waals surface area contributed by atoms with Gasteiger partial charge in [-0.15, -0.1) is 0 Å². The number of aryl methyl sites for hydroxylation is 2. The van der Waals surface area contributed by atoms with Crippen LogP contribution in [0.2, 0.25) is 0 Å². The van der Waals surface area contributed by atoms with E-state index >= 15 is 0 Å². The summed E-state index contributed by atoms with van der Waals surface area (Å²) in [7, 11) is 0. The van der Waals surface area contributed by atoms with Gasteiger partial charge in [0.1, 0.15) is 5.76 Å². The highest BCUT2D eigenvalue weighted by atomic mass is 79.9. The molecule has 0 fully saturated rings. The highest BCUT2D eigenvalue weighted by molar-refractivity contribution is 9.10. The van der Waals surface area contributed by atoms with E-state index in [1.54, 1.807) is 0 Å². The maximum absolute atomic E-state index is 5.54. The zero-order chi connectivity index (χ0) is 12.4. The molecular formula is C14H16BrNO.